The number of nitrogen functional groups attached to an aromatic ring is 1. The summed E-state index contributed by atoms with van der Waals surface area (Å²) < 4.78 is 1.51. The average molecular weight is 239 g/mol. The molecule has 0 saturated heterocycles. The van der Waals surface area contributed by atoms with Crippen LogP contribution in [0.1, 0.15) is 25.3 Å². The minimum absolute atomic E-state index is 0.0111. The summed E-state index contributed by atoms with van der Waals surface area (Å²) in [6.45, 7) is -0.0111. The Bertz CT molecular complexity index is 446. The number of aromatic nitrogens is 2. The smallest absolute Gasteiger partial charge is 0.349 e. The molecule has 0 radical (unpaired) electrons. The predicted octanol–water partition coefficient (Wildman–Crippen LogP) is -0.480. The van der Waals surface area contributed by atoms with Gasteiger partial charge in [-0.15, -0.1) is 0 Å². The molecule has 3 atom stereocenters. The Hall–Kier alpha value is -1.40. The van der Waals surface area contributed by atoms with E-state index in [9.17, 15) is 9.90 Å². The highest BCUT2D eigenvalue weighted by atomic mass is 16.3. The van der Waals surface area contributed by atoms with E-state index in [1.54, 1.807) is 12.3 Å². The fourth-order valence-electron chi connectivity index (χ4n) is 2.36. The summed E-state index contributed by atoms with van der Waals surface area (Å²) in [5, 5.41) is 18.9. The highest BCUT2D eigenvalue weighted by Crippen LogP contribution is 2.31. The Kier molecular flexibility index (Phi) is 3.44. The van der Waals surface area contributed by atoms with Crippen molar-refractivity contribution in [3.05, 3.63) is 22.7 Å². The topological polar surface area (TPSA) is 101 Å². The average Bonchev–Trinajstić information content (AvgIpc) is 2.29. The maximum Gasteiger partial charge on any atom is 0.349 e. The van der Waals surface area contributed by atoms with Gasteiger partial charge in [-0.2, -0.15) is 4.98 Å². The maximum atomic E-state index is 11.6. The van der Waals surface area contributed by atoms with Crippen molar-refractivity contribution < 1.29 is 10.2 Å². The van der Waals surface area contributed by atoms with Crippen molar-refractivity contribution in [2.75, 3.05) is 12.3 Å². The summed E-state index contributed by atoms with van der Waals surface area (Å²) >= 11 is 0. The molecular weight excluding hydrogens is 222 g/mol. The zero-order valence-corrected chi connectivity index (χ0v) is 9.49. The third-order valence-electron chi connectivity index (χ3n) is 3.41. The van der Waals surface area contributed by atoms with Gasteiger partial charge < -0.3 is 15.9 Å². The Morgan fingerprint density at radius 1 is 1.53 bits per heavy atom. The van der Waals surface area contributed by atoms with Crippen LogP contribution < -0.4 is 11.4 Å². The first-order valence-corrected chi connectivity index (χ1v) is 5.75. The molecule has 0 aliphatic heterocycles. The molecule has 17 heavy (non-hydrogen) atoms. The van der Waals surface area contributed by atoms with Crippen molar-refractivity contribution in [2.24, 2.45) is 5.92 Å². The number of rotatable bonds is 2. The van der Waals surface area contributed by atoms with Gasteiger partial charge in [-0.3, -0.25) is 4.57 Å². The van der Waals surface area contributed by atoms with Crippen molar-refractivity contribution in [2.45, 2.75) is 31.4 Å². The van der Waals surface area contributed by atoms with E-state index in [-0.39, 0.29) is 30.1 Å². The summed E-state index contributed by atoms with van der Waals surface area (Å²) in [5.41, 5.74) is 5.04. The maximum absolute atomic E-state index is 11.6. The number of aliphatic hydroxyl groups is 2. The van der Waals surface area contributed by atoms with E-state index in [0.717, 1.165) is 6.42 Å². The molecule has 2 rings (SSSR count). The molecule has 1 aromatic rings. The summed E-state index contributed by atoms with van der Waals surface area (Å²) in [6, 6.07) is 1.51. The number of hydrogen-bond acceptors (Lipinski definition) is 5. The van der Waals surface area contributed by atoms with Crippen LogP contribution >= 0.6 is 0 Å². The molecule has 0 spiro atoms. The predicted molar refractivity (Wildman–Crippen MR) is 62.4 cm³/mol. The molecule has 1 aliphatic carbocycles. The molecule has 1 saturated carbocycles. The van der Waals surface area contributed by atoms with Gasteiger partial charge in [0.25, 0.3) is 0 Å². The van der Waals surface area contributed by atoms with E-state index in [1.165, 1.54) is 4.57 Å². The third-order valence-corrected chi connectivity index (χ3v) is 3.41. The first-order chi connectivity index (χ1) is 8.11. The van der Waals surface area contributed by atoms with Gasteiger partial charge in [0.2, 0.25) is 0 Å². The standard InChI is InChI=1S/C11H17N3O3/c12-10-3-4-14(11(17)13-10)8-2-1-7(6-15)9(16)5-8/h3-4,7-9,15-16H,1-2,5-6H2,(H2,12,13,17)/t7-,8-,9+/m0/s1. The van der Waals surface area contributed by atoms with Gasteiger partial charge in [-0.1, -0.05) is 0 Å². The molecule has 94 valence electrons. The first-order valence-electron chi connectivity index (χ1n) is 5.75. The Balaban J connectivity index is 2.16. The minimum Gasteiger partial charge on any atom is -0.396 e. The van der Waals surface area contributed by atoms with Gasteiger partial charge in [0, 0.05) is 24.8 Å². The fourth-order valence-corrected chi connectivity index (χ4v) is 2.36. The van der Waals surface area contributed by atoms with E-state index >= 15 is 0 Å². The Morgan fingerprint density at radius 3 is 2.88 bits per heavy atom. The molecule has 1 aromatic heterocycles. The van der Waals surface area contributed by atoms with Gasteiger partial charge in [0.05, 0.1) is 6.10 Å². The van der Waals surface area contributed by atoms with Crippen LogP contribution in [0.2, 0.25) is 0 Å². The van der Waals surface area contributed by atoms with E-state index in [0.29, 0.717) is 12.8 Å². The van der Waals surface area contributed by atoms with Crippen LogP contribution in [0.3, 0.4) is 0 Å². The van der Waals surface area contributed by atoms with Crippen LogP contribution in [-0.2, 0) is 0 Å². The summed E-state index contributed by atoms with van der Waals surface area (Å²) in [5.74, 6) is 0.125. The van der Waals surface area contributed by atoms with Crippen molar-refractivity contribution in [3.63, 3.8) is 0 Å². The lowest BCUT2D eigenvalue weighted by atomic mass is 9.84. The molecule has 6 nitrogen and oxygen atoms in total. The Labute approximate surface area is 98.7 Å². The molecule has 4 N–H and O–H groups in total. The third kappa shape index (κ3) is 2.48. The molecule has 0 bridgehead atoms. The van der Waals surface area contributed by atoms with Crippen molar-refractivity contribution in [3.8, 4) is 0 Å². The number of hydrogen-bond donors (Lipinski definition) is 3. The first kappa shape index (κ1) is 12.1. The van der Waals surface area contributed by atoms with E-state index in [4.69, 9.17) is 10.8 Å². The normalized spacial score (nSPS) is 29.2. The largest absolute Gasteiger partial charge is 0.396 e. The molecule has 1 fully saturated rings. The lowest BCUT2D eigenvalue weighted by Crippen LogP contribution is -2.36. The van der Waals surface area contributed by atoms with Gasteiger partial charge in [-0.25, -0.2) is 4.79 Å². The summed E-state index contributed by atoms with van der Waals surface area (Å²) in [7, 11) is 0. The molecule has 0 amide bonds. The lowest BCUT2D eigenvalue weighted by molar-refractivity contribution is 0.0176. The molecular formula is C11H17N3O3. The summed E-state index contributed by atoms with van der Waals surface area (Å²) in [4.78, 5) is 15.3. The quantitative estimate of drug-likeness (QED) is 0.647. The van der Waals surface area contributed by atoms with E-state index in [1.807, 2.05) is 0 Å². The number of anilines is 1. The van der Waals surface area contributed by atoms with Gasteiger partial charge in [0.15, 0.2) is 0 Å². The zero-order valence-electron chi connectivity index (χ0n) is 9.49. The van der Waals surface area contributed by atoms with Gasteiger partial charge in [-0.05, 0) is 25.3 Å². The van der Waals surface area contributed by atoms with Crippen LogP contribution in [0.15, 0.2) is 17.1 Å². The van der Waals surface area contributed by atoms with E-state index in [2.05, 4.69) is 4.98 Å². The highest BCUT2D eigenvalue weighted by Gasteiger charge is 2.29. The second-order valence-corrected chi connectivity index (χ2v) is 4.52. The SMILES string of the molecule is Nc1ccn([C@H]2CC[C@@H](CO)[C@H](O)C2)c(=O)n1. The highest BCUT2D eigenvalue weighted by molar-refractivity contribution is 5.23. The van der Waals surface area contributed by atoms with Gasteiger partial charge in [0.1, 0.15) is 5.82 Å². The second kappa shape index (κ2) is 4.85. The van der Waals surface area contributed by atoms with Crippen molar-refractivity contribution in [1.29, 1.82) is 0 Å². The van der Waals surface area contributed by atoms with E-state index < -0.39 is 6.10 Å². The number of nitrogens with zero attached hydrogens (tertiary/aromatic N) is 2. The van der Waals surface area contributed by atoms with Crippen molar-refractivity contribution in [1.82, 2.24) is 9.55 Å². The van der Waals surface area contributed by atoms with Gasteiger partial charge >= 0.3 is 5.69 Å². The second-order valence-electron chi connectivity index (χ2n) is 4.52. The molecule has 1 aliphatic rings. The Morgan fingerprint density at radius 2 is 2.29 bits per heavy atom. The molecule has 1 heterocycles. The zero-order chi connectivity index (χ0) is 12.4. The van der Waals surface area contributed by atoms with Crippen LogP contribution in [0.4, 0.5) is 5.82 Å². The monoisotopic (exact) mass is 239 g/mol. The van der Waals surface area contributed by atoms with Crippen molar-refractivity contribution >= 4 is 5.82 Å². The van der Waals surface area contributed by atoms with Crippen LogP contribution in [-0.4, -0.2) is 32.5 Å². The minimum atomic E-state index is -0.566. The molecule has 0 unspecified atom stereocenters. The lowest BCUT2D eigenvalue weighted by Gasteiger charge is -2.32. The molecule has 0 aromatic carbocycles. The number of aliphatic hydroxyl groups excluding tert-OH is 2. The number of nitrogens with two attached hydrogens (primary N) is 1. The summed E-state index contributed by atoms with van der Waals surface area (Å²) in [6.07, 6.45) is 2.98. The van der Waals surface area contributed by atoms with Crippen LogP contribution in [0.25, 0.3) is 0 Å². The molecule has 6 heteroatoms. The van der Waals surface area contributed by atoms with Crippen LogP contribution in [0, 0.1) is 5.92 Å². The van der Waals surface area contributed by atoms with Crippen LogP contribution in [0.5, 0.6) is 0 Å². The fraction of sp³-hybridized carbons (Fsp3) is 0.636.